The van der Waals surface area contributed by atoms with Crippen LogP contribution in [0.2, 0.25) is 0 Å². The summed E-state index contributed by atoms with van der Waals surface area (Å²) >= 11 is 0. The summed E-state index contributed by atoms with van der Waals surface area (Å²) in [6, 6.07) is 0. The van der Waals surface area contributed by atoms with Crippen LogP contribution in [0.3, 0.4) is 0 Å². The van der Waals surface area contributed by atoms with E-state index in [1.54, 1.807) is 0 Å². The molecule has 9 nitrogen and oxygen atoms in total. The van der Waals surface area contributed by atoms with E-state index in [0.717, 1.165) is 6.92 Å². The number of ether oxygens (including phenoxy) is 2. The maximum atomic E-state index is 10.8. The zero-order chi connectivity index (χ0) is 13.4. The van der Waals surface area contributed by atoms with Crippen molar-refractivity contribution in [3.05, 3.63) is 0 Å². The predicted molar refractivity (Wildman–Crippen MR) is 49.8 cm³/mol. The quantitative estimate of drug-likeness (QED) is 0.212. The molecule has 1 rings (SSSR count). The van der Waals surface area contributed by atoms with E-state index in [-0.39, 0.29) is 0 Å². The van der Waals surface area contributed by atoms with Gasteiger partial charge < -0.3 is 35.0 Å². The average Bonchev–Trinajstić information content (AvgIpc) is 2.20. The summed E-state index contributed by atoms with van der Waals surface area (Å²) in [5, 5.41) is 47.2. The van der Waals surface area contributed by atoms with Gasteiger partial charge in [0.05, 0.1) is 6.61 Å². The van der Waals surface area contributed by atoms with Gasteiger partial charge in [0.2, 0.25) is 0 Å². The molecule has 0 radical (unpaired) electrons. The number of hydrogen-bond donors (Lipinski definition) is 6. The Morgan fingerprint density at radius 2 is 2.00 bits per heavy atom. The summed E-state index contributed by atoms with van der Waals surface area (Å²) in [6.45, 7) is 0.124. The predicted octanol–water partition coefficient (Wildman–Crippen LogP) is -4.04. The molecule has 1 unspecified atom stereocenters. The summed E-state index contributed by atoms with van der Waals surface area (Å²) in [7, 11) is 0. The molecule has 1 fully saturated rings. The minimum Gasteiger partial charge on any atom is -0.423 e. The molecule has 0 amide bonds. The largest absolute Gasteiger partial charge is 0.423 e. The summed E-state index contributed by atoms with van der Waals surface area (Å²) in [6.07, 6.45) is -5.38. The third kappa shape index (κ3) is 2.26. The third-order valence-electron chi connectivity index (χ3n) is 2.43. The van der Waals surface area contributed by atoms with E-state index in [9.17, 15) is 25.2 Å². The number of esters is 1. The molecule has 9 heteroatoms. The van der Waals surface area contributed by atoms with Gasteiger partial charge in [-0.1, -0.05) is 0 Å². The monoisotopic (exact) mass is 253 g/mol. The highest BCUT2D eigenvalue weighted by Gasteiger charge is 2.65. The van der Waals surface area contributed by atoms with Crippen LogP contribution in [0, 0.1) is 0 Å². The fourth-order valence-electron chi connectivity index (χ4n) is 1.53. The number of rotatable bonds is 2. The lowest BCUT2D eigenvalue weighted by Gasteiger charge is -2.49. The number of aliphatic hydroxyl groups excluding tert-OH is 3. The second-order valence-corrected chi connectivity index (χ2v) is 3.76. The molecule has 7 N–H and O–H groups in total. The maximum Gasteiger partial charge on any atom is 0.309 e. The molecule has 5 atom stereocenters. The highest BCUT2D eigenvalue weighted by Crippen LogP contribution is 2.34. The second kappa shape index (κ2) is 4.46. The van der Waals surface area contributed by atoms with Gasteiger partial charge in [-0.3, -0.25) is 10.5 Å². The van der Waals surface area contributed by atoms with E-state index in [1.807, 2.05) is 0 Å². The molecule has 1 aliphatic rings. The Kier molecular flexibility index (Phi) is 3.74. The van der Waals surface area contributed by atoms with Crippen molar-refractivity contribution < 1.29 is 39.8 Å². The van der Waals surface area contributed by atoms with Crippen LogP contribution >= 0.6 is 0 Å². The SMILES string of the molecule is CC(=O)O[C@]1(O)[C@@H](O)[C@H](O)[C@@H](CO)OC1(N)O. The fraction of sp³-hybridized carbons (Fsp3) is 0.875. The van der Waals surface area contributed by atoms with Crippen molar-refractivity contribution in [3.8, 4) is 0 Å². The molecule has 1 heterocycles. The van der Waals surface area contributed by atoms with Gasteiger partial charge in [-0.25, -0.2) is 0 Å². The molecule has 0 bridgehead atoms. The van der Waals surface area contributed by atoms with E-state index < -0.39 is 42.6 Å². The maximum absolute atomic E-state index is 10.8. The lowest BCUT2D eigenvalue weighted by atomic mass is 9.93. The first-order chi connectivity index (χ1) is 7.65. The number of hydrogen-bond acceptors (Lipinski definition) is 9. The highest BCUT2D eigenvalue weighted by molar-refractivity contribution is 5.66. The molecule has 0 aromatic rings. The zero-order valence-corrected chi connectivity index (χ0v) is 8.98. The molecule has 17 heavy (non-hydrogen) atoms. The summed E-state index contributed by atoms with van der Waals surface area (Å²) < 4.78 is 8.86. The van der Waals surface area contributed by atoms with E-state index in [1.165, 1.54) is 0 Å². The first kappa shape index (κ1) is 14.3. The standard InChI is InChI=1S/C8H15NO8/c1-3(11)16-7(14)6(13)5(12)4(2-10)17-8(7,9)15/h4-6,10,12-15H,2,9H2,1H3/t4-,5-,6+,7-,8?/m1/s1. The van der Waals surface area contributed by atoms with Crippen molar-refractivity contribution in [2.24, 2.45) is 5.73 Å². The Morgan fingerprint density at radius 1 is 1.47 bits per heavy atom. The first-order valence-corrected chi connectivity index (χ1v) is 4.73. The number of carbonyl (C=O) groups excluding carboxylic acids is 1. The van der Waals surface area contributed by atoms with Gasteiger partial charge in [-0.2, -0.15) is 0 Å². The third-order valence-corrected chi connectivity index (χ3v) is 2.43. The van der Waals surface area contributed by atoms with E-state index in [2.05, 4.69) is 9.47 Å². The van der Waals surface area contributed by atoms with Crippen molar-refractivity contribution >= 4 is 5.97 Å². The topological polar surface area (TPSA) is 163 Å². The number of carbonyl (C=O) groups is 1. The van der Waals surface area contributed by atoms with Crippen molar-refractivity contribution in [2.45, 2.75) is 36.9 Å². The molecule has 0 saturated carbocycles. The van der Waals surface area contributed by atoms with E-state index >= 15 is 0 Å². The normalized spacial score (nSPS) is 46.6. The Hall–Kier alpha value is -0.810. The molecular weight excluding hydrogens is 238 g/mol. The molecule has 0 spiro atoms. The number of aliphatic hydroxyl groups is 5. The van der Waals surface area contributed by atoms with Gasteiger partial charge in [-0.15, -0.1) is 0 Å². The smallest absolute Gasteiger partial charge is 0.309 e. The molecule has 0 aromatic heterocycles. The van der Waals surface area contributed by atoms with Gasteiger partial charge >= 0.3 is 11.8 Å². The Labute approximate surface area is 96.0 Å². The zero-order valence-electron chi connectivity index (χ0n) is 8.98. The fourth-order valence-corrected chi connectivity index (χ4v) is 1.53. The Bertz CT molecular complexity index is 308. The van der Waals surface area contributed by atoms with Gasteiger partial charge in [-0.05, 0) is 0 Å². The van der Waals surface area contributed by atoms with Gasteiger partial charge in [0.25, 0.3) is 5.91 Å². The van der Waals surface area contributed by atoms with Crippen LogP contribution in [0.5, 0.6) is 0 Å². The van der Waals surface area contributed by atoms with Crippen LogP contribution in [0.4, 0.5) is 0 Å². The molecule has 1 saturated heterocycles. The van der Waals surface area contributed by atoms with Crippen LogP contribution in [0.1, 0.15) is 6.92 Å². The lowest BCUT2D eigenvalue weighted by molar-refractivity contribution is -0.445. The summed E-state index contributed by atoms with van der Waals surface area (Å²) in [4.78, 5) is 10.8. The van der Waals surface area contributed by atoms with Crippen molar-refractivity contribution in [2.75, 3.05) is 6.61 Å². The summed E-state index contributed by atoms with van der Waals surface area (Å²) in [5.74, 6) is -7.07. The van der Waals surface area contributed by atoms with Crippen LogP contribution < -0.4 is 5.73 Å². The molecule has 0 aromatic carbocycles. The van der Waals surface area contributed by atoms with Crippen LogP contribution in [-0.2, 0) is 14.3 Å². The average molecular weight is 253 g/mol. The van der Waals surface area contributed by atoms with Gasteiger partial charge in [0.15, 0.2) is 6.10 Å². The van der Waals surface area contributed by atoms with E-state index in [0.29, 0.717) is 0 Å². The van der Waals surface area contributed by atoms with Crippen molar-refractivity contribution in [1.29, 1.82) is 0 Å². The van der Waals surface area contributed by atoms with Gasteiger partial charge in [0, 0.05) is 6.92 Å². The minimum absolute atomic E-state index is 0.770. The van der Waals surface area contributed by atoms with E-state index in [4.69, 9.17) is 10.8 Å². The Balaban J connectivity index is 3.07. The van der Waals surface area contributed by atoms with Crippen LogP contribution in [0.25, 0.3) is 0 Å². The highest BCUT2D eigenvalue weighted by atomic mass is 16.8. The number of nitrogens with two attached hydrogens (primary N) is 1. The van der Waals surface area contributed by atoms with Crippen molar-refractivity contribution in [3.63, 3.8) is 0 Å². The molecule has 1 aliphatic heterocycles. The molecule has 100 valence electrons. The molecular formula is C8H15NO8. The van der Waals surface area contributed by atoms with Gasteiger partial charge in [0.1, 0.15) is 12.2 Å². The second-order valence-electron chi connectivity index (χ2n) is 3.76. The Morgan fingerprint density at radius 3 is 2.41 bits per heavy atom. The lowest BCUT2D eigenvalue weighted by Crippen LogP contribution is -2.77. The first-order valence-electron chi connectivity index (χ1n) is 4.73. The van der Waals surface area contributed by atoms with Crippen LogP contribution in [-0.4, -0.2) is 68.1 Å². The summed E-state index contributed by atoms with van der Waals surface area (Å²) in [5.41, 5.74) is 5.15. The minimum atomic E-state index is -3.04. The molecule has 0 aliphatic carbocycles. The van der Waals surface area contributed by atoms with Crippen molar-refractivity contribution in [1.82, 2.24) is 0 Å². The van der Waals surface area contributed by atoms with Crippen LogP contribution in [0.15, 0.2) is 0 Å².